The minimum absolute atomic E-state index is 0.486. The van der Waals surface area contributed by atoms with Crippen LogP contribution in [-0.4, -0.2) is 17.7 Å². The van der Waals surface area contributed by atoms with Gasteiger partial charge >= 0.3 is 0 Å². The number of benzene rings is 1. The molecule has 4 nitrogen and oxygen atoms in total. The highest BCUT2D eigenvalue weighted by molar-refractivity contribution is 6.06. The second-order valence-electron chi connectivity index (χ2n) is 4.19. The summed E-state index contributed by atoms with van der Waals surface area (Å²) in [5.41, 5.74) is 3.60. The molecule has 0 fully saturated rings. The first kappa shape index (κ1) is 13.0. The number of oxazole rings is 1. The van der Waals surface area contributed by atoms with Gasteiger partial charge in [0.2, 0.25) is 5.89 Å². The summed E-state index contributed by atoms with van der Waals surface area (Å²) in [7, 11) is 1.71. The molecule has 0 aliphatic carbocycles. The van der Waals surface area contributed by atoms with Gasteiger partial charge in [-0.3, -0.25) is 4.99 Å². The van der Waals surface area contributed by atoms with Crippen molar-refractivity contribution in [3.63, 3.8) is 0 Å². The van der Waals surface area contributed by atoms with E-state index in [0.29, 0.717) is 28.3 Å². The number of fused-ring (bicyclic) bond motifs is 1. The molecule has 2 rings (SSSR count). The fourth-order valence-electron chi connectivity index (χ4n) is 1.85. The smallest absolute Gasteiger partial charge is 0.245 e. The summed E-state index contributed by atoms with van der Waals surface area (Å²) in [5, 5.41) is 8.96. The number of aryl methyl sites for hydroxylation is 1. The standard InChI is InChI=1S/C15H15N3O/c1-4-5-6-12(17-3)15-18-13-8-11(9-16)7-10(2)14(13)19-15/h5-8H,4H2,1-3H3/b6-5-,17-12?. The van der Waals surface area contributed by atoms with E-state index in [4.69, 9.17) is 9.68 Å². The first-order valence-corrected chi connectivity index (χ1v) is 6.14. The summed E-state index contributed by atoms with van der Waals surface area (Å²) in [5.74, 6) is 0.486. The molecule has 0 saturated heterocycles. The van der Waals surface area contributed by atoms with Gasteiger partial charge in [0.05, 0.1) is 11.6 Å². The monoisotopic (exact) mass is 253 g/mol. The molecule has 2 aromatic rings. The Morgan fingerprint density at radius 1 is 1.53 bits per heavy atom. The van der Waals surface area contributed by atoms with Gasteiger partial charge in [-0.25, -0.2) is 4.98 Å². The van der Waals surface area contributed by atoms with Crippen LogP contribution >= 0.6 is 0 Å². The van der Waals surface area contributed by atoms with Gasteiger partial charge in [0.15, 0.2) is 5.58 Å². The summed E-state index contributed by atoms with van der Waals surface area (Å²) in [4.78, 5) is 8.58. The summed E-state index contributed by atoms with van der Waals surface area (Å²) in [6.45, 7) is 3.96. The van der Waals surface area contributed by atoms with Crippen molar-refractivity contribution in [1.82, 2.24) is 4.98 Å². The molecule has 0 radical (unpaired) electrons. The van der Waals surface area contributed by atoms with Crippen LogP contribution in [0.3, 0.4) is 0 Å². The molecular weight excluding hydrogens is 238 g/mol. The van der Waals surface area contributed by atoms with Crippen LogP contribution < -0.4 is 0 Å². The van der Waals surface area contributed by atoms with Crippen molar-refractivity contribution in [3.05, 3.63) is 41.3 Å². The molecule has 96 valence electrons. The van der Waals surface area contributed by atoms with E-state index in [9.17, 15) is 0 Å². The minimum Gasteiger partial charge on any atom is -0.434 e. The van der Waals surface area contributed by atoms with Crippen LogP contribution in [0.25, 0.3) is 11.1 Å². The summed E-state index contributed by atoms with van der Waals surface area (Å²) in [6.07, 6.45) is 4.83. The van der Waals surface area contributed by atoms with Crippen molar-refractivity contribution in [3.8, 4) is 6.07 Å². The SMILES string of the molecule is CC/C=C\C(=NC)c1nc2cc(C#N)cc(C)c2o1. The molecule has 0 amide bonds. The zero-order valence-electron chi connectivity index (χ0n) is 11.3. The summed E-state index contributed by atoms with van der Waals surface area (Å²) in [6, 6.07) is 5.64. The molecule has 0 bridgehead atoms. The van der Waals surface area contributed by atoms with Gasteiger partial charge < -0.3 is 4.42 Å². The van der Waals surface area contributed by atoms with Gasteiger partial charge in [0.1, 0.15) is 11.2 Å². The van der Waals surface area contributed by atoms with Gasteiger partial charge in [-0.15, -0.1) is 0 Å². The fraction of sp³-hybridized carbons (Fsp3) is 0.267. The fourth-order valence-corrected chi connectivity index (χ4v) is 1.85. The lowest BCUT2D eigenvalue weighted by Crippen LogP contribution is -1.96. The average Bonchev–Trinajstić information content (AvgIpc) is 2.84. The van der Waals surface area contributed by atoms with E-state index in [-0.39, 0.29) is 0 Å². The Labute approximate surface area is 112 Å². The maximum Gasteiger partial charge on any atom is 0.245 e. The molecular formula is C15H15N3O. The van der Waals surface area contributed by atoms with Gasteiger partial charge in [0, 0.05) is 7.05 Å². The predicted molar refractivity (Wildman–Crippen MR) is 75.4 cm³/mol. The lowest BCUT2D eigenvalue weighted by molar-refractivity contribution is 0.588. The average molecular weight is 253 g/mol. The van der Waals surface area contributed by atoms with Gasteiger partial charge in [-0.2, -0.15) is 5.26 Å². The van der Waals surface area contributed by atoms with Crippen molar-refractivity contribution >= 4 is 16.8 Å². The third-order valence-corrected chi connectivity index (χ3v) is 2.78. The Kier molecular flexibility index (Phi) is 3.76. The molecule has 1 aromatic carbocycles. The van der Waals surface area contributed by atoms with Crippen LogP contribution in [0, 0.1) is 18.3 Å². The molecule has 1 aromatic heterocycles. The third-order valence-electron chi connectivity index (χ3n) is 2.78. The second-order valence-corrected chi connectivity index (χ2v) is 4.19. The maximum atomic E-state index is 8.96. The molecule has 0 aliphatic rings. The van der Waals surface area contributed by atoms with Crippen LogP contribution in [-0.2, 0) is 0 Å². The van der Waals surface area contributed by atoms with E-state index in [2.05, 4.69) is 23.0 Å². The van der Waals surface area contributed by atoms with Gasteiger partial charge in [-0.05, 0) is 37.1 Å². The number of hydrogen-bond donors (Lipinski definition) is 0. The molecule has 0 unspecified atom stereocenters. The Hall–Kier alpha value is -2.41. The Morgan fingerprint density at radius 3 is 2.95 bits per heavy atom. The molecule has 0 aliphatic heterocycles. The van der Waals surface area contributed by atoms with E-state index in [1.54, 1.807) is 19.2 Å². The molecule has 0 N–H and O–H groups in total. The van der Waals surface area contributed by atoms with Crippen molar-refractivity contribution in [1.29, 1.82) is 5.26 Å². The molecule has 0 saturated carbocycles. The highest BCUT2D eigenvalue weighted by Crippen LogP contribution is 2.22. The first-order chi connectivity index (χ1) is 9.19. The Morgan fingerprint density at radius 2 is 2.32 bits per heavy atom. The second kappa shape index (κ2) is 5.49. The summed E-state index contributed by atoms with van der Waals surface area (Å²) < 4.78 is 5.75. The predicted octanol–water partition coefficient (Wildman–Crippen LogP) is 3.39. The van der Waals surface area contributed by atoms with Crippen molar-refractivity contribution in [2.24, 2.45) is 4.99 Å². The first-order valence-electron chi connectivity index (χ1n) is 6.14. The molecule has 0 atom stereocenters. The number of aliphatic imine (C=N–C) groups is 1. The number of aromatic nitrogens is 1. The largest absolute Gasteiger partial charge is 0.434 e. The van der Waals surface area contributed by atoms with E-state index < -0.39 is 0 Å². The highest BCUT2D eigenvalue weighted by atomic mass is 16.3. The van der Waals surface area contributed by atoms with Crippen LogP contribution in [0.5, 0.6) is 0 Å². The van der Waals surface area contributed by atoms with Crippen LogP contribution in [0.15, 0.2) is 33.7 Å². The Bertz CT molecular complexity index is 702. The number of nitriles is 1. The van der Waals surface area contributed by atoms with Crippen molar-refractivity contribution in [2.45, 2.75) is 20.3 Å². The molecule has 19 heavy (non-hydrogen) atoms. The number of rotatable bonds is 3. The van der Waals surface area contributed by atoms with Crippen molar-refractivity contribution in [2.75, 3.05) is 7.05 Å². The quantitative estimate of drug-likeness (QED) is 0.787. The minimum atomic E-state index is 0.486. The lowest BCUT2D eigenvalue weighted by atomic mass is 10.1. The van der Waals surface area contributed by atoms with E-state index in [1.165, 1.54) is 0 Å². The van der Waals surface area contributed by atoms with Gasteiger partial charge in [-0.1, -0.05) is 13.0 Å². The highest BCUT2D eigenvalue weighted by Gasteiger charge is 2.12. The summed E-state index contributed by atoms with van der Waals surface area (Å²) >= 11 is 0. The molecule has 0 spiro atoms. The van der Waals surface area contributed by atoms with Gasteiger partial charge in [0.25, 0.3) is 0 Å². The van der Waals surface area contributed by atoms with Crippen LogP contribution in [0.2, 0.25) is 0 Å². The topological polar surface area (TPSA) is 62.2 Å². The zero-order chi connectivity index (χ0) is 13.8. The normalized spacial score (nSPS) is 12.2. The number of nitrogens with zero attached hydrogens (tertiary/aromatic N) is 3. The molecule has 1 heterocycles. The maximum absolute atomic E-state index is 8.96. The molecule has 4 heteroatoms. The van der Waals surface area contributed by atoms with E-state index >= 15 is 0 Å². The van der Waals surface area contributed by atoms with E-state index in [0.717, 1.165) is 12.0 Å². The van der Waals surface area contributed by atoms with Crippen LogP contribution in [0.1, 0.15) is 30.4 Å². The van der Waals surface area contributed by atoms with Crippen molar-refractivity contribution < 1.29 is 4.42 Å². The Balaban J connectivity index is 2.56. The van der Waals surface area contributed by atoms with E-state index in [1.807, 2.05) is 19.1 Å². The number of allylic oxidation sites excluding steroid dienone is 2. The lowest BCUT2D eigenvalue weighted by Gasteiger charge is -1.94. The van der Waals surface area contributed by atoms with Crippen LogP contribution in [0.4, 0.5) is 0 Å². The zero-order valence-corrected chi connectivity index (χ0v) is 11.3. The number of hydrogen-bond acceptors (Lipinski definition) is 4. The third kappa shape index (κ3) is 2.55.